The Balaban J connectivity index is 3.25. The van der Waals surface area contributed by atoms with Gasteiger partial charge in [0.2, 0.25) is 0 Å². The van der Waals surface area contributed by atoms with Crippen LogP contribution in [-0.2, 0) is 20.7 Å². The summed E-state index contributed by atoms with van der Waals surface area (Å²) in [6.45, 7) is -7.10. The molecule has 1 rings (SSSR count). The van der Waals surface area contributed by atoms with Crippen LogP contribution in [0.2, 0.25) is 0 Å². The molecule has 7 nitrogen and oxygen atoms in total. The molecule has 0 radical (unpaired) electrons. The first-order valence-electron chi connectivity index (χ1n) is 12.1. The molecular weight excluding hydrogens is 690 g/mol. The van der Waals surface area contributed by atoms with Crippen LogP contribution in [-0.4, -0.2) is 103 Å². The first-order valence-corrected chi connectivity index (χ1v) is 12.1. The fourth-order valence-electron chi connectivity index (χ4n) is 3.24. The predicted octanol–water partition coefficient (Wildman–Crippen LogP) is 6.84. The maximum Gasteiger partial charge on any atom is 0.460 e. The summed E-state index contributed by atoms with van der Waals surface area (Å²) in [5.74, 6) is -40.7. The van der Waals surface area contributed by atoms with Crippen molar-refractivity contribution in [2.24, 2.45) is 0 Å². The summed E-state index contributed by atoms with van der Waals surface area (Å²) in [5.41, 5.74) is 0.307. The summed E-state index contributed by atoms with van der Waals surface area (Å²) in [4.78, 5) is 22.2. The minimum Gasteiger partial charge on any atom is -0.492 e. The average Bonchev–Trinajstić information content (AvgIpc) is 2.90. The number of carbonyl (C=O) groups is 2. The minimum atomic E-state index is -8.23. The predicted molar refractivity (Wildman–Crippen MR) is 118 cm³/mol. The van der Waals surface area contributed by atoms with E-state index in [-0.39, 0.29) is 18.8 Å². The van der Waals surface area contributed by atoms with Gasteiger partial charge >= 0.3 is 54.0 Å². The number of hydrogen-bond donors (Lipinski definition) is 1. The maximum absolute atomic E-state index is 14.4. The lowest BCUT2D eigenvalue weighted by Crippen LogP contribution is -2.71. The van der Waals surface area contributed by atoms with Crippen LogP contribution in [0.1, 0.15) is 12.5 Å². The molecule has 266 valence electrons. The largest absolute Gasteiger partial charge is 0.492 e. The molecule has 1 aromatic rings. The Labute approximate surface area is 247 Å². The van der Waals surface area contributed by atoms with Crippen LogP contribution in [0.25, 0.3) is 0 Å². The van der Waals surface area contributed by atoms with Gasteiger partial charge in [0.1, 0.15) is 12.4 Å². The minimum absolute atomic E-state index is 0.0190. The van der Waals surface area contributed by atoms with Crippen LogP contribution in [0.5, 0.6) is 5.75 Å². The molecule has 1 aromatic carbocycles. The molecule has 0 aliphatic carbocycles. The summed E-state index contributed by atoms with van der Waals surface area (Å²) in [7, 11) is 0. The van der Waals surface area contributed by atoms with Crippen LogP contribution in [0.3, 0.4) is 0 Å². The molecule has 0 aliphatic rings. The molecule has 46 heavy (non-hydrogen) atoms. The second-order valence-corrected chi connectivity index (χ2v) is 9.07. The highest BCUT2D eigenvalue weighted by Gasteiger charge is 2.90. The number of ether oxygens (including phenoxy) is 3. The fourth-order valence-corrected chi connectivity index (χ4v) is 3.24. The van der Waals surface area contributed by atoms with Crippen molar-refractivity contribution < 1.29 is 99.2 Å². The fraction of sp³-hybridized carbons (Fsp3) is 0.652. The van der Waals surface area contributed by atoms with Gasteiger partial charge < -0.3 is 19.3 Å². The van der Waals surface area contributed by atoms with Crippen molar-refractivity contribution in [3.63, 3.8) is 0 Å². The zero-order valence-electron chi connectivity index (χ0n) is 22.6. The Hall–Kier alpha value is -3.40. The standard InChI is InChI=1S/C23H21F16NO6/c1-2-44-14(15(41)42)9-12-3-5-13(6-4-12)45-8-7-40(16(43)46-11-18(26,27)28)10-17(24,25)19(29,30)20(31,32)21(33,34)22(35,36)23(37,38)39/h3-6,14H,2,7-11H2,1H3,(H,41,42). The van der Waals surface area contributed by atoms with Gasteiger partial charge in [-0.05, 0) is 24.6 Å². The third kappa shape index (κ3) is 9.11. The summed E-state index contributed by atoms with van der Waals surface area (Å²) in [5, 5.41) is 9.09. The van der Waals surface area contributed by atoms with E-state index in [1.54, 1.807) is 0 Å². The Morgan fingerprint density at radius 2 is 1.28 bits per heavy atom. The molecule has 0 bridgehead atoms. The molecule has 0 saturated heterocycles. The molecule has 0 aliphatic heterocycles. The molecule has 1 atom stereocenters. The lowest BCUT2D eigenvalue weighted by molar-refractivity contribution is -0.440. The molecule has 23 heteroatoms. The molecule has 0 fully saturated rings. The first-order chi connectivity index (χ1) is 20.6. The lowest BCUT2D eigenvalue weighted by Gasteiger charge is -2.40. The van der Waals surface area contributed by atoms with Crippen molar-refractivity contribution in [1.82, 2.24) is 4.90 Å². The Morgan fingerprint density at radius 1 is 0.783 bits per heavy atom. The third-order valence-electron chi connectivity index (χ3n) is 5.62. The number of rotatable bonds is 16. The maximum atomic E-state index is 14.4. The number of amides is 1. The van der Waals surface area contributed by atoms with E-state index in [2.05, 4.69) is 4.74 Å². The van der Waals surface area contributed by atoms with Crippen LogP contribution in [0.4, 0.5) is 75.0 Å². The second-order valence-electron chi connectivity index (χ2n) is 9.07. The van der Waals surface area contributed by atoms with Crippen LogP contribution in [0.15, 0.2) is 24.3 Å². The van der Waals surface area contributed by atoms with E-state index < -0.39 is 91.3 Å². The highest BCUT2D eigenvalue weighted by Crippen LogP contribution is 2.60. The van der Waals surface area contributed by atoms with Gasteiger partial charge in [0.05, 0.1) is 13.1 Å². The number of nitrogens with zero attached hydrogens (tertiary/aromatic N) is 1. The summed E-state index contributed by atoms with van der Waals surface area (Å²) in [6.07, 6.45) is -17.2. The number of carboxylic acids is 1. The first kappa shape index (κ1) is 40.6. The summed E-state index contributed by atoms with van der Waals surface area (Å²) >= 11 is 0. The highest BCUT2D eigenvalue weighted by atomic mass is 19.4. The van der Waals surface area contributed by atoms with Gasteiger partial charge in [-0.25, -0.2) is 9.59 Å². The summed E-state index contributed by atoms with van der Waals surface area (Å²) < 4.78 is 225. The molecular formula is C23H21F16NO6. The Kier molecular flexibility index (Phi) is 12.5. The molecule has 0 aromatic heterocycles. The van der Waals surface area contributed by atoms with Crippen molar-refractivity contribution in [2.75, 3.05) is 32.9 Å². The Morgan fingerprint density at radius 3 is 1.72 bits per heavy atom. The van der Waals surface area contributed by atoms with Gasteiger partial charge in [-0.15, -0.1) is 0 Å². The highest BCUT2D eigenvalue weighted by molar-refractivity contribution is 5.72. The molecule has 1 unspecified atom stereocenters. The van der Waals surface area contributed by atoms with Gasteiger partial charge in [0, 0.05) is 13.0 Å². The van der Waals surface area contributed by atoms with Crippen LogP contribution >= 0.6 is 0 Å². The molecule has 0 heterocycles. The topological polar surface area (TPSA) is 85.3 Å². The van der Waals surface area contributed by atoms with Gasteiger partial charge in [0.15, 0.2) is 12.7 Å². The number of benzene rings is 1. The van der Waals surface area contributed by atoms with E-state index in [0.29, 0.717) is 5.56 Å². The quantitative estimate of drug-likeness (QED) is 0.189. The number of hydrogen-bond acceptors (Lipinski definition) is 5. The zero-order chi connectivity index (χ0) is 36.2. The van der Waals surface area contributed by atoms with E-state index in [0.717, 1.165) is 12.1 Å². The normalized spacial score (nSPS) is 14.5. The molecule has 1 N–H and O–H groups in total. The van der Waals surface area contributed by atoms with E-state index in [4.69, 9.17) is 14.6 Å². The van der Waals surface area contributed by atoms with Crippen molar-refractivity contribution in [3.8, 4) is 5.75 Å². The lowest BCUT2D eigenvalue weighted by atomic mass is 9.93. The van der Waals surface area contributed by atoms with Crippen molar-refractivity contribution in [2.45, 2.75) is 61.4 Å². The van der Waals surface area contributed by atoms with Crippen molar-refractivity contribution in [1.29, 1.82) is 0 Å². The zero-order valence-corrected chi connectivity index (χ0v) is 22.6. The summed E-state index contributed by atoms with van der Waals surface area (Å²) in [6, 6.07) is 4.57. The van der Waals surface area contributed by atoms with Crippen molar-refractivity contribution >= 4 is 12.1 Å². The van der Waals surface area contributed by atoms with E-state index in [1.165, 1.54) is 19.1 Å². The molecule has 0 spiro atoms. The SMILES string of the molecule is CCOC(Cc1ccc(OCCN(CC(F)(F)C(F)(F)C(F)(F)C(F)(F)C(F)(F)C(F)(F)F)C(=O)OCC(F)(F)F)cc1)C(=O)O. The van der Waals surface area contributed by atoms with Crippen LogP contribution < -0.4 is 4.74 Å². The smallest absolute Gasteiger partial charge is 0.460 e. The number of carbonyl (C=O) groups excluding carboxylic acids is 1. The number of aliphatic carboxylic acids is 1. The monoisotopic (exact) mass is 711 g/mol. The van der Waals surface area contributed by atoms with Gasteiger partial charge in [-0.1, -0.05) is 12.1 Å². The molecule has 0 saturated carbocycles. The van der Waals surface area contributed by atoms with E-state index in [9.17, 15) is 79.8 Å². The number of carboxylic acid groups (broad SMARTS) is 1. The number of alkyl halides is 16. The van der Waals surface area contributed by atoms with E-state index >= 15 is 0 Å². The average molecular weight is 711 g/mol. The second kappa shape index (κ2) is 14.2. The number of halogens is 16. The van der Waals surface area contributed by atoms with Crippen molar-refractivity contribution in [3.05, 3.63) is 29.8 Å². The van der Waals surface area contributed by atoms with E-state index in [1.807, 2.05) is 0 Å². The van der Waals surface area contributed by atoms with Gasteiger partial charge in [-0.3, -0.25) is 4.90 Å². The molecule has 1 amide bonds. The van der Waals surface area contributed by atoms with Gasteiger partial charge in [-0.2, -0.15) is 70.2 Å². The van der Waals surface area contributed by atoms with Gasteiger partial charge in [0.25, 0.3) is 0 Å². The van der Waals surface area contributed by atoms with Crippen LogP contribution in [0, 0.1) is 0 Å². The Bertz CT molecular complexity index is 1170. The third-order valence-corrected chi connectivity index (χ3v) is 5.62.